The van der Waals surface area contributed by atoms with Crippen molar-refractivity contribution in [2.75, 3.05) is 13.3 Å². The molecule has 0 amide bonds. The maximum Gasteiger partial charge on any atom is 0.329 e. The maximum absolute atomic E-state index is 13.6. The van der Waals surface area contributed by atoms with Gasteiger partial charge < -0.3 is 9.30 Å². The van der Waals surface area contributed by atoms with Gasteiger partial charge in [0.2, 0.25) is 0 Å². The molecule has 0 saturated carbocycles. The summed E-state index contributed by atoms with van der Waals surface area (Å²) in [6.07, 6.45) is 0.188. The van der Waals surface area contributed by atoms with E-state index in [1.807, 2.05) is 60.7 Å². The Morgan fingerprint density at radius 1 is 0.952 bits per heavy atom. The highest BCUT2D eigenvalue weighted by Crippen LogP contribution is 2.45. The highest BCUT2D eigenvalue weighted by Gasteiger charge is 2.28. The summed E-state index contributed by atoms with van der Waals surface area (Å²) in [5.41, 5.74) is 0.466. The first-order valence-corrected chi connectivity index (χ1v) is 8.58. The van der Waals surface area contributed by atoms with E-state index in [9.17, 15) is 9.67 Å². The molecule has 2 aromatic rings. The van der Waals surface area contributed by atoms with Crippen LogP contribution < -0.4 is 10.6 Å². The molecule has 0 aliphatic carbocycles. The zero-order chi connectivity index (χ0) is 15.3. The largest absolute Gasteiger partial charge is 0.466 e. The van der Waals surface area contributed by atoms with Crippen LogP contribution in [0.25, 0.3) is 0 Å². The third-order valence-corrected chi connectivity index (χ3v) is 6.52. The average molecular weight is 301 g/mol. The summed E-state index contributed by atoms with van der Waals surface area (Å²) in [6.45, 7) is 1.67. The summed E-state index contributed by atoms with van der Waals surface area (Å²) >= 11 is 0. The first-order chi connectivity index (χ1) is 10.1. The van der Waals surface area contributed by atoms with Crippen molar-refractivity contribution >= 4 is 17.8 Å². The third-order valence-electron chi connectivity index (χ3n) is 3.34. The number of benzene rings is 2. The fourth-order valence-electron chi connectivity index (χ4n) is 2.24. The van der Waals surface area contributed by atoms with Gasteiger partial charge in [-0.15, -0.1) is 0 Å². The molecule has 2 aromatic carbocycles. The van der Waals surface area contributed by atoms with Gasteiger partial charge in [0.1, 0.15) is 7.14 Å². The normalized spacial score (nSPS) is 12.7. The van der Waals surface area contributed by atoms with E-state index in [4.69, 9.17) is 4.74 Å². The van der Waals surface area contributed by atoms with E-state index in [-0.39, 0.29) is 6.16 Å². The van der Waals surface area contributed by atoms with E-state index in [1.54, 1.807) is 6.92 Å². The van der Waals surface area contributed by atoms with Crippen molar-refractivity contribution in [3.63, 3.8) is 0 Å². The Morgan fingerprint density at radius 2 is 1.38 bits per heavy atom. The predicted molar refractivity (Wildman–Crippen MR) is 85.0 cm³/mol. The molecule has 0 saturated heterocycles. The number of hydrogen-bond acceptors (Lipinski definition) is 2. The number of allylic oxidation sites excluding steroid dienone is 1. The van der Waals surface area contributed by atoms with Crippen molar-refractivity contribution in [2.45, 2.75) is 6.92 Å². The lowest BCUT2D eigenvalue weighted by Gasteiger charge is -2.19. The highest BCUT2D eigenvalue weighted by molar-refractivity contribution is 7.78. The zero-order valence-corrected chi connectivity index (χ0v) is 13.0. The molecule has 0 atom stereocenters. The molecule has 0 N–H and O–H groups in total. The fourth-order valence-corrected chi connectivity index (χ4v) is 5.01. The number of hydrogen-bond donors (Lipinski definition) is 0. The second kappa shape index (κ2) is 6.64. The van der Waals surface area contributed by atoms with E-state index in [2.05, 4.69) is 0 Å². The Morgan fingerprint density at radius 3 is 1.76 bits per heavy atom. The zero-order valence-electron chi connectivity index (χ0n) is 12.2. The highest BCUT2D eigenvalue weighted by atomic mass is 31.2. The average Bonchev–Trinajstić information content (AvgIpc) is 2.55. The first-order valence-electron chi connectivity index (χ1n) is 6.69. The topological polar surface area (TPSA) is 46.2 Å². The van der Waals surface area contributed by atoms with E-state index >= 15 is 0 Å². The van der Waals surface area contributed by atoms with E-state index in [0.29, 0.717) is 5.57 Å². The van der Waals surface area contributed by atoms with Crippen LogP contribution in [-0.4, -0.2) is 13.3 Å². The molecule has 1 radical (unpaired) electrons. The molecular weight excluding hydrogens is 283 g/mol. The predicted octanol–water partition coefficient (Wildman–Crippen LogP) is 3.31. The van der Waals surface area contributed by atoms with Gasteiger partial charge in [0.05, 0.1) is 7.11 Å². The number of methoxy groups -OCH3 is 1. The van der Waals surface area contributed by atoms with Crippen LogP contribution in [0.2, 0.25) is 0 Å². The van der Waals surface area contributed by atoms with Crippen LogP contribution in [-0.2, 0) is 14.4 Å². The molecule has 0 heterocycles. The molecule has 109 valence electrons. The summed E-state index contributed by atoms with van der Waals surface area (Å²) < 4.78 is 18.4. The van der Waals surface area contributed by atoms with Gasteiger partial charge >= 0.3 is 5.95 Å². The van der Waals surface area contributed by atoms with Crippen molar-refractivity contribution in [1.82, 2.24) is 0 Å². The summed E-state index contributed by atoms with van der Waals surface area (Å²) in [7, 11) is -1.55. The van der Waals surface area contributed by atoms with Gasteiger partial charge in [0.25, 0.3) is 0 Å². The SMILES string of the molecule is COC([O])=C(C)CP(=O)(c1ccccc1)c1ccccc1. The molecular formula is C17H18O3P. The Bertz CT molecular complexity index is 619. The molecule has 3 nitrogen and oxygen atoms in total. The number of ether oxygens (including phenoxy) is 1. The van der Waals surface area contributed by atoms with E-state index < -0.39 is 13.1 Å². The summed E-state index contributed by atoms with van der Waals surface area (Å²) in [4.78, 5) is 0. The van der Waals surface area contributed by atoms with Crippen molar-refractivity contribution in [1.29, 1.82) is 0 Å². The molecule has 4 heteroatoms. The minimum absolute atomic E-state index is 0.188. The Hall–Kier alpha value is -1.99. The van der Waals surface area contributed by atoms with Gasteiger partial charge in [-0.1, -0.05) is 60.7 Å². The van der Waals surface area contributed by atoms with E-state index in [0.717, 1.165) is 10.6 Å². The summed E-state index contributed by atoms with van der Waals surface area (Å²) in [5.74, 6) is -0.415. The van der Waals surface area contributed by atoms with Gasteiger partial charge in [0, 0.05) is 22.3 Å². The second-order valence-electron chi connectivity index (χ2n) is 4.84. The van der Waals surface area contributed by atoms with Crippen LogP contribution in [0.5, 0.6) is 0 Å². The van der Waals surface area contributed by atoms with Gasteiger partial charge in [0.15, 0.2) is 0 Å². The van der Waals surface area contributed by atoms with Crippen molar-refractivity contribution in [3.8, 4) is 0 Å². The lowest BCUT2D eigenvalue weighted by Crippen LogP contribution is -2.19. The number of rotatable bonds is 5. The molecule has 21 heavy (non-hydrogen) atoms. The molecule has 0 aliphatic rings. The monoisotopic (exact) mass is 301 g/mol. The molecule has 0 spiro atoms. The first kappa shape index (κ1) is 15.4. The van der Waals surface area contributed by atoms with E-state index in [1.165, 1.54) is 7.11 Å². The maximum atomic E-state index is 13.6. The van der Waals surface area contributed by atoms with Crippen molar-refractivity contribution < 1.29 is 14.4 Å². The molecule has 0 aromatic heterocycles. The van der Waals surface area contributed by atoms with Crippen molar-refractivity contribution in [2.24, 2.45) is 0 Å². The van der Waals surface area contributed by atoms with Crippen LogP contribution in [0.1, 0.15) is 6.92 Å². The van der Waals surface area contributed by atoms with Crippen LogP contribution in [0, 0.1) is 0 Å². The van der Waals surface area contributed by atoms with Crippen LogP contribution in [0.15, 0.2) is 72.2 Å². The summed E-state index contributed by atoms with van der Waals surface area (Å²) in [6, 6.07) is 18.6. The van der Waals surface area contributed by atoms with Crippen LogP contribution in [0.3, 0.4) is 0 Å². The Balaban J connectivity index is 2.54. The van der Waals surface area contributed by atoms with Crippen molar-refractivity contribution in [3.05, 3.63) is 72.2 Å². The molecule has 0 aliphatic heterocycles. The molecule has 2 rings (SSSR count). The standard InChI is InChI=1S/C17H18O3P/c1-14(17(18)20-2)13-21(19,15-9-5-3-6-10-15)16-11-7-4-8-12-16/h3-12H,13H2,1-2H3. The lowest BCUT2D eigenvalue weighted by molar-refractivity contribution is 0.0820. The fraction of sp³-hybridized carbons (Fsp3) is 0.176. The lowest BCUT2D eigenvalue weighted by atomic mass is 10.4. The Labute approximate surface area is 125 Å². The third kappa shape index (κ3) is 3.37. The molecule has 0 unspecified atom stereocenters. The summed E-state index contributed by atoms with van der Waals surface area (Å²) in [5, 5.41) is 13.2. The van der Waals surface area contributed by atoms with Gasteiger partial charge in [-0.3, -0.25) is 0 Å². The molecule has 0 bridgehead atoms. The van der Waals surface area contributed by atoms with Gasteiger partial charge in [-0.05, 0) is 6.92 Å². The van der Waals surface area contributed by atoms with Gasteiger partial charge in [-0.2, -0.15) is 0 Å². The Kier molecular flexibility index (Phi) is 4.87. The minimum atomic E-state index is -2.89. The smallest absolute Gasteiger partial charge is 0.329 e. The minimum Gasteiger partial charge on any atom is -0.466 e. The molecule has 0 fully saturated rings. The van der Waals surface area contributed by atoms with Crippen LogP contribution >= 0.6 is 7.14 Å². The quantitative estimate of drug-likeness (QED) is 0.628. The van der Waals surface area contributed by atoms with Gasteiger partial charge in [-0.25, -0.2) is 5.11 Å². The van der Waals surface area contributed by atoms with Crippen LogP contribution in [0.4, 0.5) is 0 Å². The second-order valence-corrected chi connectivity index (χ2v) is 7.67.